The number of halogens is 1. The number of nitrogens with zero attached hydrogens (tertiary/aromatic N) is 2. The lowest BCUT2D eigenvalue weighted by Gasteiger charge is -2.06. The summed E-state index contributed by atoms with van der Waals surface area (Å²) in [6, 6.07) is 20.2. The van der Waals surface area contributed by atoms with Crippen molar-refractivity contribution in [1.82, 2.24) is 4.98 Å². The second-order valence-corrected chi connectivity index (χ2v) is 6.36. The van der Waals surface area contributed by atoms with Crippen LogP contribution in [0.25, 0.3) is 0 Å². The zero-order valence-electron chi connectivity index (χ0n) is 13.5. The summed E-state index contributed by atoms with van der Waals surface area (Å²) in [5.74, 6) is 6.27. The van der Waals surface area contributed by atoms with Gasteiger partial charge in [0, 0.05) is 16.8 Å². The van der Waals surface area contributed by atoms with E-state index in [2.05, 4.69) is 46.1 Å². The van der Waals surface area contributed by atoms with Gasteiger partial charge in [-0.3, -0.25) is 4.99 Å². The van der Waals surface area contributed by atoms with Crippen LogP contribution in [0.1, 0.15) is 27.9 Å². The summed E-state index contributed by atoms with van der Waals surface area (Å²) < 4.78 is 0. The van der Waals surface area contributed by atoms with E-state index in [1.165, 1.54) is 16.7 Å². The summed E-state index contributed by atoms with van der Waals surface area (Å²) in [6.07, 6.45) is 2.59. The monoisotopic (exact) mass is 342 g/mol. The van der Waals surface area contributed by atoms with Crippen LogP contribution in [-0.2, 0) is 13.0 Å². The molecule has 1 aliphatic heterocycles. The lowest BCUT2D eigenvalue weighted by atomic mass is 9.98. The number of rotatable bonds is 2. The summed E-state index contributed by atoms with van der Waals surface area (Å²) in [5.41, 5.74) is 6.38. The topological polar surface area (TPSA) is 25.2 Å². The van der Waals surface area contributed by atoms with Gasteiger partial charge in [0.15, 0.2) is 0 Å². The average molecular weight is 343 g/mol. The number of aliphatic imine (C=N–C) groups is 1. The van der Waals surface area contributed by atoms with Crippen molar-refractivity contribution in [3.05, 3.63) is 99.8 Å². The molecule has 2 nitrogen and oxygen atoms in total. The number of aromatic nitrogens is 1. The molecule has 0 saturated heterocycles. The van der Waals surface area contributed by atoms with Gasteiger partial charge < -0.3 is 0 Å². The van der Waals surface area contributed by atoms with Crippen molar-refractivity contribution in [2.24, 2.45) is 4.99 Å². The minimum absolute atomic E-state index is 0.693. The Hall–Kier alpha value is -2.89. The number of benzene rings is 2. The van der Waals surface area contributed by atoms with Crippen LogP contribution in [-0.4, -0.2) is 10.7 Å². The summed E-state index contributed by atoms with van der Waals surface area (Å²) >= 11 is 6.08. The Morgan fingerprint density at radius 2 is 1.84 bits per heavy atom. The SMILES string of the molecule is Clc1cccc(Cc2ccc3c(c2)C(C#Cc2ccccn2)=NC3)c1. The summed E-state index contributed by atoms with van der Waals surface area (Å²) in [4.78, 5) is 8.81. The summed E-state index contributed by atoms with van der Waals surface area (Å²) in [6.45, 7) is 0.693. The summed E-state index contributed by atoms with van der Waals surface area (Å²) in [7, 11) is 0. The highest BCUT2D eigenvalue weighted by Gasteiger charge is 2.14. The van der Waals surface area contributed by atoms with Crippen LogP contribution in [0, 0.1) is 11.8 Å². The second kappa shape index (κ2) is 6.93. The zero-order valence-corrected chi connectivity index (χ0v) is 14.3. The van der Waals surface area contributed by atoms with Gasteiger partial charge >= 0.3 is 0 Å². The molecule has 0 N–H and O–H groups in total. The molecule has 3 aromatic rings. The van der Waals surface area contributed by atoms with Crippen LogP contribution in [0.4, 0.5) is 0 Å². The Labute approximate surface area is 152 Å². The van der Waals surface area contributed by atoms with E-state index < -0.39 is 0 Å². The van der Waals surface area contributed by atoms with Gasteiger partial charge in [0.05, 0.1) is 6.54 Å². The van der Waals surface area contributed by atoms with Crippen molar-refractivity contribution in [1.29, 1.82) is 0 Å². The third-order valence-corrected chi connectivity index (χ3v) is 4.34. The quantitative estimate of drug-likeness (QED) is 0.621. The van der Waals surface area contributed by atoms with E-state index in [9.17, 15) is 0 Å². The standard InChI is InChI=1S/C22H15ClN2/c23-19-5-3-4-16(13-19)12-17-7-8-18-15-25-22(21(18)14-17)10-9-20-6-1-2-11-24-20/h1-8,11,13-14H,12,15H2. The van der Waals surface area contributed by atoms with E-state index in [-0.39, 0.29) is 0 Å². The number of hydrogen-bond donors (Lipinski definition) is 0. The van der Waals surface area contributed by atoms with E-state index in [0.29, 0.717) is 6.54 Å². The third-order valence-electron chi connectivity index (χ3n) is 4.11. The highest BCUT2D eigenvalue weighted by atomic mass is 35.5. The second-order valence-electron chi connectivity index (χ2n) is 5.93. The van der Waals surface area contributed by atoms with Gasteiger partial charge in [-0.2, -0.15) is 0 Å². The predicted molar refractivity (Wildman–Crippen MR) is 102 cm³/mol. The molecule has 0 atom stereocenters. The van der Waals surface area contributed by atoms with Gasteiger partial charge in [0.1, 0.15) is 11.4 Å². The molecule has 2 aromatic carbocycles. The van der Waals surface area contributed by atoms with Crippen molar-refractivity contribution in [3.63, 3.8) is 0 Å². The van der Waals surface area contributed by atoms with Crippen LogP contribution in [0.15, 0.2) is 71.9 Å². The normalized spacial score (nSPS) is 12.1. The fourth-order valence-electron chi connectivity index (χ4n) is 2.89. The van der Waals surface area contributed by atoms with Gasteiger partial charge in [-0.1, -0.05) is 41.9 Å². The third kappa shape index (κ3) is 3.63. The molecular formula is C22H15ClN2. The van der Waals surface area contributed by atoms with E-state index in [1.54, 1.807) is 6.20 Å². The molecule has 0 aliphatic carbocycles. The molecule has 120 valence electrons. The molecule has 0 amide bonds. The Kier molecular flexibility index (Phi) is 4.33. The van der Waals surface area contributed by atoms with Gasteiger partial charge in [-0.05, 0) is 65.3 Å². The Bertz CT molecular complexity index is 1010. The smallest absolute Gasteiger partial charge is 0.116 e. The van der Waals surface area contributed by atoms with E-state index in [4.69, 9.17) is 11.6 Å². The number of pyridine rings is 1. The van der Waals surface area contributed by atoms with Crippen LogP contribution in [0.5, 0.6) is 0 Å². The first-order valence-corrected chi connectivity index (χ1v) is 8.50. The molecule has 0 fully saturated rings. The van der Waals surface area contributed by atoms with E-state index in [1.807, 2.05) is 36.4 Å². The van der Waals surface area contributed by atoms with Crippen LogP contribution < -0.4 is 0 Å². The highest BCUT2D eigenvalue weighted by molar-refractivity contribution is 6.30. The highest BCUT2D eigenvalue weighted by Crippen LogP contribution is 2.22. The number of fused-ring (bicyclic) bond motifs is 1. The molecule has 0 saturated carbocycles. The molecule has 3 heteroatoms. The number of hydrogen-bond acceptors (Lipinski definition) is 2. The van der Waals surface area contributed by atoms with Crippen molar-refractivity contribution in [2.45, 2.75) is 13.0 Å². The van der Waals surface area contributed by atoms with Crippen LogP contribution >= 0.6 is 11.6 Å². The molecule has 1 aliphatic rings. The van der Waals surface area contributed by atoms with Gasteiger partial charge in [-0.25, -0.2) is 4.98 Å². The lowest BCUT2D eigenvalue weighted by molar-refractivity contribution is 1.10. The van der Waals surface area contributed by atoms with Gasteiger partial charge in [0.2, 0.25) is 0 Å². The first kappa shape index (κ1) is 15.6. The molecule has 2 heterocycles. The maximum atomic E-state index is 6.08. The molecule has 1 aromatic heterocycles. The predicted octanol–water partition coefficient (Wildman–Crippen LogP) is 4.68. The maximum absolute atomic E-state index is 6.08. The summed E-state index contributed by atoms with van der Waals surface area (Å²) in [5, 5.41) is 0.766. The lowest BCUT2D eigenvalue weighted by Crippen LogP contribution is -1.98. The molecule has 0 unspecified atom stereocenters. The Morgan fingerprint density at radius 1 is 0.920 bits per heavy atom. The fraction of sp³-hybridized carbons (Fsp3) is 0.0909. The van der Waals surface area contributed by atoms with Crippen LogP contribution in [0.2, 0.25) is 5.02 Å². The zero-order chi connectivity index (χ0) is 17.1. The molecule has 25 heavy (non-hydrogen) atoms. The average Bonchev–Trinajstić information content (AvgIpc) is 3.03. The largest absolute Gasteiger partial charge is 0.271 e. The van der Waals surface area contributed by atoms with Crippen molar-refractivity contribution < 1.29 is 0 Å². The molecular weight excluding hydrogens is 328 g/mol. The fourth-order valence-corrected chi connectivity index (χ4v) is 3.10. The van der Waals surface area contributed by atoms with Gasteiger partial charge in [0.25, 0.3) is 0 Å². The minimum atomic E-state index is 0.693. The van der Waals surface area contributed by atoms with Crippen molar-refractivity contribution >= 4 is 17.3 Å². The molecule has 0 bridgehead atoms. The molecule has 0 spiro atoms. The van der Waals surface area contributed by atoms with Crippen molar-refractivity contribution in [2.75, 3.05) is 0 Å². The van der Waals surface area contributed by atoms with Crippen molar-refractivity contribution in [3.8, 4) is 11.8 Å². The Morgan fingerprint density at radius 3 is 2.68 bits per heavy atom. The van der Waals surface area contributed by atoms with Gasteiger partial charge in [-0.15, -0.1) is 0 Å². The van der Waals surface area contributed by atoms with E-state index in [0.717, 1.165) is 28.4 Å². The Balaban J connectivity index is 1.60. The van der Waals surface area contributed by atoms with Crippen LogP contribution in [0.3, 0.4) is 0 Å². The first-order chi connectivity index (χ1) is 12.3. The minimum Gasteiger partial charge on any atom is -0.271 e. The van der Waals surface area contributed by atoms with E-state index >= 15 is 0 Å². The molecule has 4 rings (SSSR count). The maximum Gasteiger partial charge on any atom is 0.116 e. The first-order valence-electron chi connectivity index (χ1n) is 8.12. The molecule has 0 radical (unpaired) electrons.